The number of aryl methyl sites for hydroxylation is 2. The van der Waals surface area contributed by atoms with Crippen LogP contribution in [0.5, 0.6) is 0 Å². The monoisotopic (exact) mass is 439 g/mol. The third-order valence-electron chi connectivity index (χ3n) is 5.09. The van der Waals surface area contributed by atoms with Crippen LogP contribution >= 0.6 is 22.9 Å². The highest BCUT2D eigenvalue weighted by molar-refractivity contribution is 7.21. The van der Waals surface area contributed by atoms with E-state index in [1.165, 1.54) is 0 Å². The quantitative estimate of drug-likeness (QED) is 0.515. The normalized spacial score (nSPS) is 14.1. The Hall–Kier alpha value is -2.32. The number of nitrogen functional groups attached to an aromatic ring is 1. The number of halogens is 4. The number of anilines is 2. The maximum Gasteiger partial charge on any atom is 0.417 e. The van der Waals surface area contributed by atoms with Gasteiger partial charge >= 0.3 is 6.18 Å². The van der Waals surface area contributed by atoms with Crippen molar-refractivity contribution in [3.8, 4) is 0 Å². The molecule has 0 fully saturated rings. The zero-order valence-corrected chi connectivity index (χ0v) is 17.0. The van der Waals surface area contributed by atoms with Gasteiger partial charge in [0.25, 0.3) is 5.91 Å². The first-order valence-electron chi connectivity index (χ1n) is 9.05. The Morgan fingerprint density at radius 2 is 2.00 bits per heavy atom. The van der Waals surface area contributed by atoms with Crippen molar-refractivity contribution in [1.29, 1.82) is 0 Å². The Morgan fingerprint density at radius 3 is 2.72 bits per heavy atom. The van der Waals surface area contributed by atoms with Gasteiger partial charge in [-0.1, -0.05) is 17.7 Å². The third kappa shape index (κ3) is 3.55. The van der Waals surface area contributed by atoms with E-state index < -0.39 is 17.6 Å². The van der Waals surface area contributed by atoms with Crippen molar-refractivity contribution in [1.82, 2.24) is 4.98 Å². The molecule has 0 saturated carbocycles. The summed E-state index contributed by atoms with van der Waals surface area (Å²) in [5.74, 6) is -0.582. The highest BCUT2D eigenvalue weighted by Crippen LogP contribution is 2.46. The zero-order chi connectivity index (χ0) is 20.9. The lowest BCUT2D eigenvalue weighted by Crippen LogP contribution is -2.17. The van der Waals surface area contributed by atoms with Crippen LogP contribution in [-0.2, 0) is 19.0 Å². The van der Waals surface area contributed by atoms with Gasteiger partial charge in [-0.15, -0.1) is 11.3 Å². The Kier molecular flexibility index (Phi) is 4.94. The van der Waals surface area contributed by atoms with E-state index in [1.807, 2.05) is 0 Å². The number of nitrogens with two attached hydrogens (primary N) is 1. The Morgan fingerprint density at radius 1 is 1.28 bits per heavy atom. The number of rotatable bonds is 2. The second kappa shape index (κ2) is 7.18. The summed E-state index contributed by atoms with van der Waals surface area (Å²) in [6.07, 6.45) is -2.30. The fourth-order valence-corrected chi connectivity index (χ4v) is 4.89. The van der Waals surface area contributed by atoms with Crippen LogP contribution in [-0.4, -0.2) is 10.9 Å². The number of amides is 1. The molecule has 2 aromatic heterocycles. The van der Waals surface area contributed by atoms with Gasteiger partial charge in [0.1, 0.15) is 9.71 Å². The lowest BCUT2D eigenvalue weighted by atomic mass is 9.90. The van der Waals surface area contributed by atoms with Gasteiger partial charge in [-0.3, -0.25) is 4.79 Å². The van der Waals surface area contributed by atoms with E-state index in [1.54, 1.807) is 25.1 Å². The number of nitrogens with one attached hydrogen (secondary N) is 1. The molecular weight excluding hydrogens is 423 g/mol. The molecule has 0 bridgehead atoms. The Balaban J connectivity index is 1.86. The van der Waals surface area contributed by atoms with Gasteiger partial charge in [0.05, 0.1) is 11.3 Å². The fraction of sp³-hybridized carbons (Fsp3) is 0.300. The average Bonchev–Trinajstić information content (AvgIpc) is 2.98. The van der Waals surface area contributed by atoms with Gasteiger partial charge in [-0.2, -0.15) is 13.2 Å². The van der Waals surface area contributed by atoms with Crippen LogP contribution < -0.4 is 11.1 Å². The van der Waals surface area contributed by atoms with Crippen molar-refractivity contribution in [3.05, 3.63) is 50.5 Å². The van der Waals surface area contributed by atoms with E-state index >= 15 is 0 Å². The van der Waals surface area contributed by atoms with Gasteiger partial charge in [-0.05, 0) is 55.9 Å². The fourth-order valence-electron chi connectivity index (χ4n) is 3.70. The molecule has 4 nitrogen and oxygen atoms in total. The van der Waals surface area contributed by atoms with Crippen molar-refractivity contribution in [3.63, 3.8) is 0 Å². The number of benzene rings is 1. The summed E-state index contributed by atoms with van der Waals surface area (Å²) < 4.78 is 41.8. The molecule has 4 rings (SSSR count). The number of hydrogen-bond donors (Lipinski definition) is 2. The number of thiophene rings is 1. The van der Waals surface area contributed by atoms with Gasteiger partial charge in [0.15, 0.2) is 0 Å². The van der Waals surface area contributed by atoms with Crippen molar-refractivity contribution < 1.29 is 18.0 Å². The molecular formula is C20H17ClF3N3OS. The van der Waals surface area contributed by atoms with Crippen molar-refractivity contribution in [2.75, 3.05) is 11.1 Å². The summed E-state index contributed by atoms with van der Waals surface area (Å²) in [4.78, 5) is 17.4. The summed E-state index contributed by atoms with van der Waals surface area (Å²) in [6, 6.07) is 5.00. The maximum absolute atomic E-state index is 13.9. The van der Waals surface area contributed by atoms with Crippen LogP contribution in [0.4, 0.5) is 24.5 Å². The van der Waals surface area contributed by atoms with Crippen LogP contribution in [0.15, 0.2) is 18.2 Å². The highest BCUT2D eigenvalue weighted by Gasteiger charge is 2.39. The highest BCUT2D eigenvalue weighted by atomic mass is 35.5. The van der Waals surface area contributed by atoms with E-state index in [0.717, 1.165) is 23.3 Å². The molecule has 0 atom stereocenters. The largest absolute Gasteiger partial charge is 0.417 e. The number of alkyl halides is 3. The summed E-state index contributed by atoms with van der Waals surface area (Å²) in [5, 5.41) is 2.96. The van der Waals surface area contributed by atoms with Crippen LogP contribution in [0.3, 0.4) is 0 Å². The van der Waals surface area contributed by atoms with Crippen LogP contribution in [0.25, 0.3) is 10.2 Å². The predicted molar refractivity (Wildman–Crippen MR) is 110 cm³/mol. The van der Waals surface area contributed by atoms with E-state index in [0.29, 0.717) is 35.7 Å². The molecule has 0 saturated heterocycles. The number of carbonyl (C=O) groups excluding carboxylic acids is 1. The molecule has 0 radical (unpaired) electrons. The molecule has 0 aliphatic heterocycles. The zero-order valence-electron chi connectivity index (χ0n) is 15.4. The first-order chi connectivity index (χ1) is 13.7. The SMILES string of the molecule is Cc1ccc(Cl)cc1NC(=O)c1sc2nc3c(c(C(F)(F)F)c2c1N)CCCC3. The summed E-state index contributed by atoms with van der Waals surface area (Å²) in [6.45, 7) is 1.79. The Bertz CT molecular complexity index is 1140. The van der Waals surface area contributed by atoms with Gasteiger partial charge in [-0.25, -0.2) is 4.98 Å². The molecule has 0 unspecified atom stereocenters. The van der Waals surface area contributed by atoms with Crippen LogP contribution in [0.2, 0.25) is 5.02 Å². The molecule has 1 aromatic carbocycles. The van der Waals surface area contributed by atoms with Crippen molar-refractivity contribution in [2.45, 2.75) is 38.8 Å². The van der Waals surface area contributed by atoms with E-state index in [4.69, 9.17) is 17.3 Å². The van der Waals surface area contributed by atoms with Crippen molar-refractivity contribution >= 4 is 50.4 Å². The molecule has 29 heavy (non-hydrogen) atoms. The van der Waals surface area contributed by atoms with Gasteiger partial charge in [0.2, 0.25) is 0 Å². The Labute approximate surface area is 173 Å². The first-order valence-corrected chi connectivity index (χ1v) is 10.2. The summed E-state index contributed by atoms with van der Waals surface area (Å²) in [5.41, 5.74) is 7.05. The predicted octanol–water partition coefficient (Wildman–Crippen LogP) is 5.99. The number of carbonyl (C=O) groups is 1. The molecule has 3 N–H and O–H groups in total. The minimum absolute atomic E-state index is 0.0136. The molecule has 0 spiro atoms. The minimum atomic E-state index is -4.57. The molecule has 1 amide bonds. The number of pyridine rings is 1. The second-order valence-electron chi connectivity index (χ2n) is 7.06. The topological polar surface area (TPSA) is 68.0 Å². The smallest absolute Gasteiger partial charge is 0.397 e. The maximum atomic E-state index is 13.9. The second-order valence-corrected chi connectivity index (χ2v) is 8.49. The summed E-state index contributed by atoms with van der Waals surface area (Å²) >= 11 is 6.86. The molecule has 3 aromatic rings. The average molecular weight is 440 g/mol. The van der Waals surface area contributed by atoms with Crippen molar-refractivity contribution in [2.24, 2.45) is 0 Å². The first kappa shape index (κ1) is 20.0. The standard InChI is InChI=1S/C20H17ClF3N3OS/c1-9-6-7-10(21)8-13(9)26-18(28)17-16(25)14-15(20(22,23)24)11-4-2-3-5-12(11)27-19(14)29-17/h6-8H,2-5,25H2,1H3,(H,26,28). The lowest BCUT2D eigenvalue weighted by Gasteiger charge is -2.21. The number of nitrogens with zero attached hydrogens (tertiary/aromatic N) is 1. The van der Waals surface area contributed by atoms with Gasteiger partial charge < -0.3 is 11.1 Å². The van der Waals surface area contributed by atoms with E-state index in [9.17, 15) is 18.0 Å². The van der Waals surface area contributed by atoms with E-state index in [2.05, 4.69) is 10.3 Å². The molecule has 9 heteroatoms. The molecule has 2 heterocycles. The molecule has 1 aliphatic rings. The molecule has 1 aliphatic carbocycles. The number of fused-ring (bicyclic) bond motifs is 2. The van der Waals surface area contributed by atoms with Crippen LogP contribution in [0, 0.1) is 6.92 Å². The van der Waals surface area contributed by atoms with Crippen LogP contribution in [0.1, 0.15) is 44.9 Å². The minimum Gasteiger partial charge on any atom is -0.397 e. The van der Waals surface area contributed by atoms with Gasteiger partial charge in [0, 0.05) is 21.8 Å². The van der Waals surface area contributed by atoms with E-state index in [-0.39, 0.29) is 26.3 Å². The molecule has 152 valence electrons. The number of hydrogen-bond acceptors (Lipinski definition) is 4. The lowest BCUT2D eigenvalue weighted by molar-refractivity contribution is -0.137. The third-order valence-corrected chi connectivity index (χ3v) is 6.42. The summed E-state index contributed by atoms with van der Waals surface area (Å²) in [7, 11) is 0. The number of aromatic nitrogens is 1.